The SMILES string of the molecule is CC(=O)N1CCCc2cc(-c3ccc(C(=O)NC(C)(C)CCOP(C)CNC(=O)C(c4cccc(C)c4)C4CCN(C(CC#N)=C5CCC5)CC4)cc3)ccc21. The number of aryl methyl sites for hydroxylation is 2. The Kier molecular flexibility index (Phi) is 13.7. The van der Waals surface area contributed by atoms with Crippen LogP contribution in [0, 0.1) is 24.2 Å². The zero-order valence-electron chi connectivity index (χ0n) is 33.8. The molecule has 2 unspecified atom stereocenters. The average Bonchev–Trinajstić information content (AvgIpc) is 3.16. The van der Waals surface area contributed by atoms with Gasteiger partial charge in [-0.05, 0) is 137 Å². The predicted octanol–water partition coefficient (Wildman–Crippen LogP) is 8.82. The first-order valence-corrected chi connectivity index (χ1v) is 22.2. The first-order chi connectivity index (χ1) is 26.9. The molecule has 9 nitrogen and oxygen atoms in total. The molecule has 1 aliphatic carbocycles. The third-order valence-corrected chi connectivity index (χ3v) is 12.9. The molecule has 296 valence electrons. The predicted molar refractivity (Wildman–Crippen MR) is 226 cm³/mol. The van der Waals surface area contributed by atoms with Crippen molar-refractivity contribution in [1.82, 2.24) is 15.5 Å². The van der Waals surface area contributed by atoms with Crippen LogP contribution in [0.3, 0.4) is 0 Å². The summed E-state index contributed by atoms with van der Waals surface area (Å²) in [5.41, 5.74) is 9.24. The second kappa shape index (κ2) is 18.6. The molecule has 1 saturated heterocycles. The molecule has 3 aromatic carbocycles. The van der Waals surface area contributed by atoms with Gasteiger partial charge in [0.05, 0.1) is 31.3 Å². The van der Waals surface area contributed by atoms with E-state index < -0.39 is 13.7 Å². The Balaban J connectivity index is 0.977. The minimum atomic E-state index is -0.915. The van der Waals surface area contributed by atoms with Gasteiger partial charge in [0.2, 0.25) is 11.8 Å². The molecule has 0 aromatic heterocycles. The van der Waals surface area contributed by atoms with Crippen molar-refractivity contribution in [3.05, 3.63) is 100 Å². The zero-order valence-corrected chi connectivity index (χ0v) is 34.7. The number of hydrogen-bond acceptors (Lipinski definition) is 6. The van der Waals surface area contributed by atoms with Crippen LogP contribution in [0.15, 0.2) is 78.0 Å². The molecule has 1 saturated carbocycles. The Morgan fingerprint density at radius 3 is 2.36 bits per heavy atom. The molecule has 2 atom stereocenters. The van der Waals surface area contributed by atoms with Crippen molar-refractivity contribution in [2.45, 2.75) is 96.9 Å². The highest BCUT2D eigenvalue weighted by Gasteiger charge is 2.34. The van der Waals surface area contributed by atoms with Gasteiger partial charge in [0.15, 0.2) is 0 Å². The van der Waals surface area contributed by atoms with Crippen LogP contribution in [0.25, 0.3) is 11.1 Å². The average molecular weight is 776 g/mol. The van der Waals surface area contributed by atoms with Gasteiger partial charge in [0.1, 0.15) is 0 Å². The Bertz CT molecular complexity index is 1950. The largest absolute Gasteiger partial charge is 0.374 e. The van der Waals surface area contributed by atoms with E-state index in [1.807, 2.05) is 67.9 Å². The summed E-state index contributed by atoms with van der Waals surface area (Å²) in [7, 11) is -0.915. The topological polar surface area (TPSA) is 115 Å². The Hall–Kier alpha value is -4.51. The molecule has 6 rings (SSSR count). The molecule has 56 heavy (non-hydrogen) atoms. The normalized spacial score (nSPS) is 16.9. The van der Waals surface area contributed by atoms with Crippen molar-refractivity contribution in [2.75, 3.05) is 44.1 Å². The van der Waals surface area contributed by atoms with E-state index in [9.17, 15) is 19.6 Å². The lowest BCUT2D eigenvalue weighted by molar-refractivity contribution is -0.124. The monoisotopic (exact) mass is 775 g/mol. The number of likely N-dealkylation sites (tertiary alicyclic amines) is 1. The van der Waals surface area contributed by atoms with Gasteiger partial charge in [-0.2, -0.15) is 5.26 Å². The van der Waals surface area contributed by atoms with E-state index in [2.05, 4.69) is 52.8 Å². The summed E-state index contributed by atoms with van der Waals surface area (Å²) in [5.74, 6) is -0.0408. The van der Waals surface area contributed by atoms with E-state index in [0.717, 1.165) is 86.1 Å². The smallest absolute Gasteiger partial charge is 0.251 e. The molecule has 0 spiro atoms. The quantitative estimate of drug-likeness (QED) is 0.158. The maximum atomic E-state index is 13.9. The fraction of sp³-hybridized carbons (Fsp3) is 0.478. The molecule has 0 bridgehead atoms. The van der Waals surface area contributed by atoms with Crippen molar-refractivity contribution in [3.8, 4) is 17.2 Å². The summed E-state index contributed by atoms with van der Waals surface area (Å²) < 4.78 is 6.23. The second-order valence-electron chi connectivity index (χ2n) is 16.4. The summed E-state index contributed by atoms with van der Waals surface area (Å²) >= 11 is 0. The molecule has 3 aromatic rings. The Morgan fingerprint density at radius 2 is 1.70 bits per heavy atom. The lowest BCUT2D eigenvalue weighted by Crippen LogP contribution is -2.44. The van der Waals surface area contributed by atoms with E-state index >= 15 is 0 Å². The van der Waals surface area contributed by atoms with Gasteiger partial charge in [0.25, 0.3) is 5.91 Å². The second-order valence-corrected chi connectivity index (χ2v) is 18.2. The molecule has 10 heteroatoms. The number of allylic oxidation sites excluding steroid dienone is 2. The summed E-state index contributed by atoms with van der Waals surface area (Å²) in [6, 6.07) is 24.6. The van der Waals surface area contributed by atoms with Gasteiger partial charge in [-0.1, -0.05) is 48.0 Å². The molecule has 0 radical (unpaired) electrons. The lowest BCUT2D eigenvalue weighted by atomic mass is 9.78. The van der Waals surface area contributed by atoms with Gasteiger partial charge >= 0.3 is 0 Å². The first-order valence-electron chi connectivity index (χ1n) is 20.3. The van der Waals surface area contributed by atoms with E-state index in [4.69, 9.17) is 4.52 Å². The van der Waals surface area contributed by atoms with Crippen LogP contribution >= 0.6 is 8.15 Å². The van der Waals surface area contributed by atoms with E-state index in [-0.39, 0.29) is 29.6 Å². The van der Waals surface area contributed by atoms with E-state index in [0.29, 0.717) is 31.3 Å². The highest BCUT2D eigenvalue weighted by atomic mass is 31.1. The number of rotatable bonds is 14. The molecule has 3 aliphatic rings. The molecule has 2 aliphatic heterocycles. The number of anilines is 1. The number of nitrogens with one attached hydrogen (secondary N) is 2. The standard InChI is InChI=1S/C46H58N5O4P/c1-32-9-6-12-40(29-32)43(36-21-26-50(27-22-36)41(20-24-47)35-10-7-11-35)45(54)48-31-56(5)55-28-23-46(3,4)49-44(53)37-16-14-34(15-17-37)38-18-19-42-39(30-38)13-8-25-51(42)33(2)52/h6,9,12,14-19,29-30,36,43H,7-8,10-11,13,20-23,25-28,31H2,1-5H3,(H,48,54)(H,49,53). The van der Waals surface area contributed by atoms with Crippen LogP contribution < -0.4 is 15.5 Å². The lowest BCUT2D eigenvalue weighted by Gasteiger charge is -2.39. The summed E-state index contributed by atoms with van der Waals surface area (Å²) in [5, 5.41) is 15.9. The van der Waals surface area contributed by atoms with Crippen molar-refractivity contribution < 1.29 is 18.9 Å². The fourth-order valence-corrected chi connectivity index (χ4v) is 9.22. The van der Waals surface area contributed by atoms with Crippen LogP contribution in [0.4, 0.5) is 5.69 Å². The number of nitrogens with zero attached hydrogens (tertiary/aromatic N) is 3. The van der Waals surface area contributed by atoms with Gasteiger partial charge in [-0.25, -0.2) is 0 Å². The molecule has 2 heterocycles. The minimum Gasteiger partial charge on any atom is -0.374 e. The first kappa shape index (κ1) is 41.1. The summed E-state index contributed by atoms with van der Waals surface area (Å²) in [4.78, 5) is 43.6. The summed E-state index contributed by atoms with van der Waals surface area (Å²) in [6.07, 6.45) is 8.71. The van der Waals surface area contributed by atoms with Crippen LogP contribution in [0.5, 0.6) is 0 Å². The number of benzene rings is 3. The molecule has 3 amide bonds. The Labute approximate surface area is 334 Å². The maximum Gasteiger partial charge on any atom is 0.251 e. The minimum absolute atomic E-state index is 0.0476. The number of carbonyl (C=O) groups excluding carboxylic acids is 3. The molecule has 2 N–H and O–H groups in total. The number of amides is 3. The molecule has 2 fully saturated rings. The van der Waals surface area contributed by atoms with Crippen LogP contribution in [-0.4, -0.2) is 67.4 Å². The van der Waals surface area contributed by atoms with Crippen LogP contribution in [0.1, 0.15) is 105 Å². The molecular formula is C46H58N5O4P. The van der Waals surface area contributed by atoms with E-state index in [1.165, 1.54) is 23.3 Å². The number of carbonyl (C=O) groups is 3. The third kappa shape index (κ3) is 10.3. The Morgan fingerprint density at radius 1 is 0.964 bits per heavy atom. The number of hydrogen-bond donors (Lipinski definition) is 2. The van der Waals surface area contributed by atoms with Crippen LogP contribution in [0.2, 0.25) is 0 Å². The fourth-order valence-electron chi connectivity index (χ4n) is 8.34. The summed E-state index contributed by atoms with van der Waals surface area (Å²) in [6.45, 7) is 12.7. The van der Waals surface area contributed by atoms with Gasteiger partial charge in [-0.3, -0.25) is 14.4 Å². The van der Waals surface area contributed by atoms with Gasteiger partial charge in [0, 0.05) is 57.2 Å². The van der Waals surface area contributed by atoms with Gasteiger partial charge < -0.3 is 25.0 Å². The highest BCUT2D eigenvalue weighted by Crippen LogP contribution is 2.39. The number of fused-ring (bicyclic) bond motifs is 1. The highest BCUT2D eigenvalue weighted by molar-refractivity contribution is 7.51. The number of nitriles is 1. The van der Waals surface area contributed by atoms with E-state index in [1.54, 1.807) is 6.92 Å². The molecular weight excluding hydrogens is 718 g/mol. The van der Waals surface area contributed by atoms with Gasteiger partial charge in [-0.15, -0.1) is 0 Å². The third-order valence-electron chi connectivity index (χ3n) is 11.7. The number of piperidine rings is 1. The van der Waals surface area contributed by atoms with Crippen molar-refractivity contribution in [2.24, 2.45) is 5.92 Å². The van der Waals surface area contributed by atoms with Crippen LogP contribution in [-0.2, 0) is 20.5 Å². The maximum absolute atomic E-state index is 13.9. The van der Waals surface area contributed by atoms with Crippen molar-refractivity contribution in [1.29, 1.82) is 5.26 Å². The van der Waals surface area contributed by atoms with Crippen molar-refractivity contribution in [3.63, 3.8) is 0 Å². The zero-order chi connectivity index (χ0) is 39.8. The van der Waals surface area contributed by atoms with Crippen molar-refractivity contribution >= 4 is 31.6 Å².